The monoisotopic (exact) mass is 269 g/mol. The van der Waals surface area contributed by atoms with Crippen LogP contribution in [-0.2, 0) is 4.74 Å². The summed E-state index contributed by atoms with van der Waals surface area (Å²) in [6.07, 6.45) is 3.98. The second-order valence-electron chi connectivity index (χ2n) is 4.70. The van der Waals surface area contributed by atoms with Crippen LogP contribution in [0.2, 0.25) is 5.15 Å². The van der Waals surface area contributed by atoms with E-state index < -0.39 is 0 Å². The van der Waals surface area contributed by atoms with Crippen molar-refractivity contribution in [1.82, 2.24) is 9.97 Å². The van der Waals surface area contributed by atoms with Crippen molar-refractivity contribution in [1.29, 1.82) is 0 Å². The van der Waals surface area contributed by atoms with E-state index in [2.05, 4.69) is 21.8 Å². The summed E-state index contributed by atoms with van der Waals surface area (Å²) in [7, 11) is 0. The van der Waals surface area contributed by atoms with Crippen molar-refractivity contribution in [2.45, 2.75) is 39.2 Å². The van der Waals surface area contributed by atoms with E-state index in [0.717, 1.165) is 31.9 Å². The fourth-order valence-electron chi connectivity index (χ4n) is 2.01. The normalized spacial score (nSPS) is 15.8. The molecule has 4 nitrogen and oxygen atoms in total. The van der Waals surface area contributed by atoms with E-state index in [-0.39, 0.29) is 0 Å². The van der Waals surface area contributed by atoms with Crippen molar-refractivity contribution in [3.63, 3.8) is 0 Å². The molecule has 0 N–H and O–H groups in total. The van der Waals surface area contributed by atoms with Gasteiger partial charge in [0.15, 0.2) is 0 Å². The lowest BCUT2D eigenvalue weighted by Crippen LogP contribution is -2.52. The topological polar surface area (TPSA) is 38.2 Å². The predicted molar refractivity (Wildman–Crippen MR) is 73.3 cm³/mol. The van der Waals surface area contributed by atoms with Gasteiger partial charge in [0.25, 0.3) is 0 Å². The van der Waals surface area contributed by atoms with Crippen LogP contribution >= 0.6 is 11.6 Å². The molecule has 2 heterocycles. The SMILES string of the molecule is CCCCCOC1CN(c2cc(Cl)nc(C)n2)C1. The van der Waals surface area contributed by atoms with Crippen molar-refractivity contribution < 1.29 is 4.74 Å². The summed E-state index contributed by atoms with van der Waals surface area (Å²) in [4.78, 5) is 10.6. The van der Waals surface area contributed by atoms with Crippen molar-refractivity contribution >= 4 is 17.4 Å². The van der Waals surface area contributed by atoms with Crippen molar-refractivity contribution in [2.75, 3.05) is 24.6 Å². The first-order chi connectivity index (χ1) is 8.69. The third kappa shape index (κ3) is 3.56. The van der Waals surface area contributed by atoms with Gasteiger partial charge in [-0.2, -0.15) is 0 Å². The summed E-state index contributed by atoms with van der Waals surface area (Å²) in [5, 5.41) is 0.504. The maximum absolute atomic E-state index is 5.92. The lowest BCUT2D eigenvalue weighted by molar-refractivity contribution is 0.0318. The molecule has 0 unspecified atom stereocenters. The minimum absolute atomic E-state index is 0.343. The number of halogens is 1. The molecule has 0 saturated carbocycles. The van der Waals surface area contributed by atoms with E-state index in [0.29, 0.717) is 17.1 Å². The van der Waals surface area contributed by atoms with Gasteiger partial charge in [0.1, 0.15) is 16.8 Å². The zero-order chi connectivity index (χ0) is 13.0. The van der Waals surface area contributed by atoms with Gasteiger partial charge in [-0.15, -0.1) is 0 Å². The zero-order valence-corrected chi connectivity index (χ0v) is 11.8. The maximum atomic E-state index is 5.92. The zero-order valence-electron chi connectivity index (χ0n) is 11.0. The molecule has 5 heteroatoms. The predicted octanol–water partition coefficient (Wildman–Crippen LogP) is 2.83. The lowest BCUT2D eigenvalue weighted by Gasteiger charge is -2.39. The molecule has 18 heavy (non-hydrogen) atoms. The molecule has 0 aromatic carbocycles. The number of hydrogen-bond acceptors (Lipinski definition) is 4. The standard InChI is InChI=1S/C13H20ClN3O/c1-3-4-5-6-18-11-8-17(9-11)13-7-12(14)15-10(2)16-13/h7,11H,3-6,8-9H2,1-2H3. The average Bonchev–Trinajstić information content (AvgIpc) is 2.24. The minimum Gasteiger partial charge on any atom is -0.375 e. The second-order valence-corrected chi connectivity index (χ2v) is 5.09. The van der Waals surface area contributed by atoms with Crippen LogP contribution in [0.5, 0.6) is 0 Å². The van der Waals surface area contributed by atoms with E-state index in [1.165, 1.54) is 12.8 Å². The number of aryl methyl sites for hydroxylation is 1. The summed E-state index contributed by atoms with van der Waals surface area (Å²) in [5.41, 5.74) is 0. The van der Waals surface area contributed by atoms with Crippen LogP contribution in [0.1, 0.15) is 32.0 Å². The van der Waals surface area contributed by atoms with E-state index in [9.17, 15) is 0 Å². The molecule has 1 aliphatic heterocycles. The van der Waals surface area contributed by atoms with Gasteiger partial charge in [-0.05, 0) is 13.3 Å². The van der Waals surface area contributed by atoms with Gasteiger partial charge in [0.05, 0.1) is 6.10 Å². The summed E-state index contributed by atoms with van der Waals surface area (Å²) in [6.45, 7) is 6.73. The van der Waals surface area contributed by atoms with E-state index in [4.69, 9.17) is 16.3 Å². The molecular weight excluding hydrogens is 250 g/mol. The molecule has 1 aromatic heterocycles. The first-order valence-corrected chi connectivity index (χ1v) is 6.94. The van der Waals surface area contributed by atoms with Crippen molar-refractivity contribution in [3.8, 4) is 0 Å². The number of ether oxygens (including phenoxy) is 1. The number of aromatic nitrogens is 2. The quantitative estimate of drug-likeness (QED) is 0.588. The fraction of sp³-hybridized carbons (Fsp3) is 0.692. The number of hydrogen-bond donors (Lipinski definition) is 0. The van der Waals surface area contributed by atoms with Crippen LogP contribution in [-0.4, -0.2) is 35.8 Å². The highest BCUT2D eigenvalue weighted by atomic mass is 35.5. The Bertz CT molecular complexity index is 374. The molecule has 0 aliphatic carbocycles. The molecule has 1 aromatic rings. The van der Waals surface area contributed by atoms with E-state index in [1.807, 2.05) is 13.0 Å². The molecule has 0 amide bonds. The molecule has 100 valence electrons. The highest BCUT2D eigenvalue weighted by Crippen LogP contribution is 2.22. The van der Waals surface area contributed by atoms with E-state index >= 15 is 0 Å². The van der Waals surface area contributed by atoms with Gasteiger partial charge in [0.2, 0.25) is 0 Å². The van der Waals surface area contributed by atoms with Gasteiger partial charge in [-0.1, -0.05) is 31.4 Å². The van der Waals surface area contributed by atoms with Crippen LogP contribution in [0.25, 0.3) is 0 Å². The molecule has 0 spiro atoms. The van der Waals surface area contributed by atoms with Crippen LogP contribution in [0.15, 0.2) is 6.07 Å². The molecule has 1 aliphatic rings. The Morgan fingerprint density at radius 1 is 1.39 bits per heavy atom. The van der Waals surface area contributed by atoms with Crippen LogP contribution < -0.4 is 4.90 Å². The van der Waals surface area contributed by atoms with Gasteiger partial charge >= 0.3 is 0 Å². The number of rotatable bonds is 6. The first kappa shape index (κ1) is 13.6. The Morgan fingerprint density at radius 2 is 2.17 bits per heavy atom. The summed E-state index contributed by atoms with van der Waals surface area (Å²) >= 11 is 5.92. The van der Waals surface area contributed by atoms with Crippen molar-refractivity contribution in [2.24, 2.45) is 0 Å². The van der Waals surface area contributed by atoms with Gasteiger partial charge < -0.3 is 9.64 Å². The molecule has 2 rings (SSSR count). The Labute approximate surface area is 113 Å². The third-order valence-electron chi connectivity index (χ3n) is 3.07. The average molecular weight is 270 g/mol. The van der Waals surface area contributed by atoms with Gasteiger partial charge in [-0.25, -0.2) is 9.97 Å². The highest BCUT2D eigenvalue weighted by molar-refractivity contribution is 6.29. The summed E-state index contributed by atoms with van der Waals surface area (Å²) < 4.78 is 5.77. The summed E-state index contributed by atoms with van der Waals surface area (Å²) in [5.74, 6) is 1.62. The largest absolute Gasteiger partial charge is 0.375 e. The molecule has 0 radical (unpaired) electrons. The molecule has 0 bridgehead atoms. The van der Waals surface area contributed by atoms with Crippen LogP contribution in [0, 0.1) is 6.92 Å². The number of nitrogens with zero attached hydrogens (tertiary/aromatic N) is 3. The molecule has 1 fully saturated rings. The smallest absolute Gasteiger partial charge is 0.134 e. The van der Waals surface area contributed by atoms with E-state index in [1.54, 1.807) is 0 Å². The first-order valence-electron chi connectivity index (χ1n) is 6.56. The second kappa shape index (κ2) is 6.34. The molecular formula is C13H20ClN3O. The van der Waals surface area contributed by atoms with Crippen LogP contribution in [0.4, 0.5) is 5.82 Å². The van der Waals surface area contributed by atoms with Crippen LogP contribution in [0.3, 0.4) is 0 Å². The molecule has 0 atom stereocenters. The lowest BCUT2D eigenvalue weighted by atomic mass is 10.1. The Hall–Kier alpha value is -0.870. The van der Waals surface area contributed by atoms with Gasteiger partial charge in [0, 0.05) is 25.8 Å². The Morgan fingerprint density at radius 3 is 2.83 bits per heavy atom. The maximum Gasteiger partial charge on any atom is 0.134 e. The van der Waals surface area contributed by atoms with Gasteiger partial charge in [-0.3, -0.25) is 0 Å². The number of unbranched alkanes of at least 4 members (excludes halogenated alkanes) is 2. The number of anilines is 1. The Kier molecular flexibility index (Phi) is 4.78. The third-order valence-corrected chi connectivity index (χ3v) is 3.26. The fourth-order valence-corrected chi connectivity index (χ4v) is 2.23. The molecule has 1 saturated heterocycles. The summed E-state index contributed by atoms with van der Waals surface area (Å²) in [6, 6.07) is 1.81. The highest BCUT2D eigenvalue weighted by Gasteiger charge is 2.28. The van der Waals surface area contributed by atoms with Crippen molar-refractivity contribution in [3.05, 3.63) is 17.0 Å². The minimum atomic E-state index is 0.343. The Balaban J connectivity index is 1.75.